The van der Waals surface area contributed by atoms with Gasteiger partial charge in [0, 0.05) is 11.6 Å². The van der Waals surface area contributed by atoms with Crippen LogP contribution in [0.2, 0.25) is 0 Å². The number of anilines is 1. The summed E-state index contributed by atoms with van der Waals surface area (Å²) in [7, 11) is -2.36. The summed E-state index contributed by atoms with van der Waals surface area (Å²) >= 11 is 0. The SMILES string of the molecule is CNS(=O)(=O)c1ccc(C)c(C(=O)Nc2ccc(Oc3ccc(F)cc3)nc2)c1. The monoisotopic (exact) mass is 415 g/mol. The molecule has 0 saturated heterocycles. The third-order valence-electron chi connectivity index (χ3n) is 4.06. The van der Waals surface area contributed by atoms with Gasteiger partial charge in [-0.3, -0.25) is 4.79 Å². The smallest absolute Gasteiger partial charge is 0.256 e. The highest BCUT2D eigenvalue weighted by Crippen LogP contribution is 2.22. The molecule has 0 bridgehead atoms. The first-order chi connectivity index (χ1) is 13.8. The minimum atomic E-state index is -3.66. The molecule has 0 radical (unpaired) electrons. The second-order valence-corrected chi connectivity index (χ2v) is 7.97. The lowest BCUT2D eigenvalue weighted by atomic mass is 10.1. The minimum Gasteiger partial charge on any atom is -0.439 e. The quantitative estimate of drug-likeness (QED) is 0.642. The number of carbonyl (C=O) groups excluding carboxylic acids is 1. The second kappa shape index (κ2) is 8.38. The van der Waals surface area contributed by atoms with Gasteiger partial charge in [0.05, 0.1) is 16.8 Å². The molecule has 0 fully saturated rings. The zero-order valence-corrected chi connectivity index (χ0v) is 16.5. The number of rotatable bonds is 6. The van der Waals surface area contributed by atoms with E-state index in [1.807, 2.05) is 0 Å². The Hall–Kier alpha value is -3.30. The number of carbonyl (C=O) groups is 1. The Labute approximate surface area is 167 Å². The van der Waals surface area contributed by atoms with Crippen LogP contribution in [0.4, 0.5) is 10.1 Å². The van der Waals surface area contributed by atoms with E-state index in [0.29, 0.717) is 17.0 Å². The number of aryl methyl sites for hydroxylation is 1. The third kappa shape index (κ3) is 4.95. The van der Waals surface area contributed by atoms with E-state index in [1.165, 1.54) is 49.6 Å². The molecule has 3 aromatic rings. The number of hydrogen-bond donors (Lipinski definition) is 2. The maximum atomic E-state index is 12.9. The average molecular weight is 415 g/mol. The van der Waals surface area contributed by atoms with Crippen LogP contribution in [0.1, 0.15) is 15.9 Å². The van der Waals surface area contributed by atoms with Gasteiger partial charge in [-0.05, 0) is 62.0 Å². The van der Waals surface area contributed by atoms with E-state index in [2.05, 4.69) is 15.0 Å². The van der Waals surface area contributed by atoms with Crippen molar-refractivity contribution in [1.82, 2.24) is 9.71 Å². The molecule has 2 aromatic carbocycles. The Morgan fingerprint density at radius 1 is 1.07 bits per heavy atom. The van der Waals surface area contributed by atoms with Gasteiger partial charge in [-0.15, -0.1) is 0 Å². The Morgan fingerprint density at radius 3 is 2.41 bits per heavy atom. The molecule has 3 rings (SSSR count). The predicted molar refractivity (Wildman–Crippen MR) is 106 cm³/mol. The second-order valence-electron chi connectivity index (χ2n) is 6.08. The molecule has 1 heterocycles. The molecular weight excluding hydrogens is 397 g/mol. The van der Waals surface area contributed by atoms with E-state index in [-0.39, 0.29) is 22.2 Å². The third-order valence-corrected chi connectivity index (χ3v) is 5.47. The maximum absolute atomic E-state index is 12.9. The van der Waals surface area contributed by atoms with Gasteiger partial charge >= 0.3 is 0 Å². The molecule has 2 N–H and O–H groups in total. The number of hydrogen-bond acceptors (Lipinski definition) is 5. The van der Waals surface area contributed by atoms with Crippen LogP contribution < -0.4 is 14.8 Å². The number of aromatic nitrogens is 1. The van der Waals surface area contributed by atoms with Crippen LogP contribution in [0, 0.1) is 12.7 Å². The predicted octanol–water partition coefficient (Wildman–Crippen LogP) is 3.48. The molecule has 0 aliphatic rings. The van der Waals surface area contributed by atoms with Crippen molar-refractivity contribution in [3.8, 4) is 11.6 Å². The molecule has 1 amide bonds. The van der Waals surface area contributed by atoms with Crippen molar-refractivity contribution in [2.45, 2.75) is 11.8 Å². The van der Waals surface area contributed by atoms with Crippen molar-refractivity contribution in [2.75, 3.05) is 12.4 Å². The highest BCUT2D eigenvalue weighted by Gasteiger charge is 2.17. The van der Waals surface area contributed by atoms with E-state index in [0.717, 1.165) is 0 Å². The van der Waals surface area contributed by atoms with Crippen molar-refractivity contribution in [3.63, 3.8) is 0 Å². The van der Waals surface area contributed by atoms with E-state index >= 15 is 0 Å². The molecule has 0 unspecified atom stereocenters. The fourth-order valence-corrected chi connectivity index (χ4v) is 3.22. The summed E-state index contributed by atoms with van der Waals surface area (Å²) in [5, 5.41) is 2.67. The molecule has 7 nitrogen and oxygen atoms in total. The van der Waals surface area contributed by atoms with E-state index in [4.69, 9.17) is 4.74 Å². The number of sulfonamides is 1. The van der Waals surface area contributed by atoms with Crippen LogP contribution in [0.5, 0.6) is 11.6 Å². The number of nitrogens with zero attached hydrogens (tertiary/aromatic N) is 1. The number of amides is 1. The summed E-state index contributed by atoms with van der Waals surface area (Å²) in [4.78, 5) is 16.7. The maximum Gasteiger partial charge on any atom is 0.256 e. The van der Waals surface area contributed by atoms with Gasteiger partial charge in [0.25, 0.3) is 5.91 Å². The van der Waals surface area contributed by atoms with Gasteiger partial charge < -0.3 is 10.1 Å². The van der Waals surface area contributed by atoms with Gasteiger partial charge in [0.2, 0.25) is 15.9 Å². The number of pyridine rings is 1. The topological polar surface area (TPSA) is 97.4 Å². The van der Waals surface area contributed by atoms with Gasteiger partial charge in [-0.1, -0.05) is 6.07 Å². The first-order valence-electron chi connectivity index (χ1n) is 8.53. The first kappa shape index (κ1) is 20.4. The lowest BCUT2D eigenvalue weighted by Gasteiger charge is -2.10. The Balaban J connectivity index is 1.74. The fourth-order valence-electron chi connectivity index (χ4n) is 2.47. The van der Waals surface area contributed by atoms with Crippen molar-refractivity contribution in [2.24, 2.45) is 0 Å². The van der Waals surface area contributed by atoms with E-state index in [9.17, 15) is 17.6 Å². The summed E-state index contributed by atoms with van der Waals surface area (Å²) in [6.07, 6.45) is 1.40. The fraction of sp³-hybridized carbons (Fsp3) is 0.100. The summed E-state index contributed by atoms with van der Waals surface area (Å²) in [6.45, 7) is 1.71. The van der Waals surface area contributed by atoms with E-state index < -0.39 is 15.9 Å². The summed E-state index contributed by atoms with van der Waals surface area (Å²) in [6, 6.07) is 12.9. The van der Waals surface area contributed by atoms with Crippen LogP contribution in [-0.2, 0) is 10.0 Å². The van der Waals surface area contributed by atoms with Gasteiger partial charge in [-0.2, -0.15) is 0 Å². The lowest BCUT2D eigenvalue weighted by Crippen LogP contribution is -2.20. The Morgan fingerprint density at radius 2 is 1.79 bits per heavy atom. The van der Waals surface area contributed by atoms with E-state index in [1.54, 1.807) is 25.1 Å². The molecular formula is C20H18FN3O4S. The number of benzene rings is 2. The summed E-state index contributed by atoms with van der Waals surface area (Å²) < 4.78 is 44.6. The molecule has 0 aliphatic heterocycles. The normalized spacial score (nSPS) is 11.1. The van der Waals surface area contributed by atoms with Crippen molar-refractivity contribution >= 4 is 21.6 Å². The summed E-state index contributed by atoms with van der Waals surface area (Å²) in [5.74, 6) is -0.142. The molecule has 0 spiro atoms. The van der Waals surface area contributed by atoms with Crippen molar-refractivity contribution in [3.05, 3.63) is 77.7 Å². The highest BCUT2D eigenvalue weighted by atomic mass is 32.2. The molecule has 9 heteroatoms. The lowest BCUT2D eigenvalue weighted by molar-refractivity contribution is 0.102. The van der Waals surface area contributed by atoms with Crippen molar-refractivity contribution in [1.29, 1.82) is 0 Å². The minimum absolute atomic E-state index is 0.00285. The summed E-state index contributed by atoms with van der Waals surface area (Å²) in [5.41, 5.74) is 1.26. The number of nitrogens with one attached hydrogen (secondary N) is 2. The Bertz CT molecular complexity index is 1130. The number of halogens is 1. The van der Waals surface area contributed by atoms with Gasteiger partial charge in [0.1, 0.15) is 11.6 Å². The average Bonchev–Trinajstić information content (AvgIpc) is 2.71. The standard InChI is InChI=1S/C20H18FN3O4S/c1-13-3-9-17(29(26,27)22-2)11-18(13)20(25)24-15-6-10-19(23-12-15)28-16-7-4-14(21)5-8-16/h3-12,22H,1-2H3,(H,24,25). The van der Waals surface area contributed by atoms with Crippen LogP contribution in [0.25, 0.3) is 0 Å². The first-order valence-corrected chi connectivity index (χ1v) is 10.0. The van der Waals surface area contributed by atoms with Crippen molar-refractivity contribution < 1.29 is 22.3 Å². The molecule has 1 aromatic heterocycles. The zero-order valence-electron chi connectivity index (χ0n) is 15.6. The highest BCUT2D eigenvalue weighted by molar-refractivity contribution is 7.89. The molecule has 150 valence electrons. The van der Waals surface area contributed by atoms with Gasteiger partial charge in [-0.25, -0.2) is 22.5 Å². The molecule has 29 heavy (non-hydrogen) atoms. The molecule has 0 atom stereocenters. The number of ether oxygens (including phenoxy) is 1. The van der Waals surface area contributed by atoms with Crippen LogP contribution in [0.3, 0.4) is 0 Å². The zero-order chi connectivity index (χ0) is 21.0. The largest absolute Gasteiger partial charge is 0.439 e. The Kier molecular flexibility index (Phi) is 5.90. The van der Waals surface area contributed by atoms with Crippen LogP contribution in [-0.4, -0.2) is 26.4 Å². The van der Waals surface area contributed by atoms with Gasteiger partial charge in [0.15, 0.2) is 0 Å². The molecule has 0 saturated carbocycles. The van der Waals surface area contributed by atoms with Crippen LogP contribution in [0.15, 0.2) is 65.7 Å². The van der Waals surface area contributed by atoms with Crippen LogP contribution >= 0.6 is 0 Å². The molecule has 0 aliphatic carbocycles.